The van der Waals surface area contributed by atoms with Gasteiger partial charge in [-0.25, -0.2) is 4.79 Å². The minimum atomic E-state index is -3.92. The van der Waals surface area contributed by atoms with E-state index in [9.17, 15) is 23.1 Å². The maximum atomic E-state index is 13.0. The number of carboxylic acid groups (broad SMARTS) is 1. The second kappa shape index (κ2) is 9.87. The molecule has 0 fully saturated rings. The number of ether oxygens (including phenoxy) is 2. The molecule has 2 atom stereocenters. The van der Waals surface area contributed by atoms with Crippen LogP contribution in [0.25, 0.3) is 10.4 Å². The van der Waals surface area contributed by atoms with Crippen molar-refractivity contribution < 1.29 is 46.7 Å². The van der Waals surface area contributed by atoms with Gasteiger partial charge in [-0.05, 0) is 28.3 Å². The third-order valence-corrected chi connectivity index (χ3v) is 5.35. The number of hydrogen-bond acceptors (Lipinski definition) is 10. The van der Waals surface area contributed by atoms with Crippen LogP contribution in [0.4, 0.5) is 4.79 Å². The summed E-state index contributed by atoms with van der Waals surface area (Å²) in [5.41, 5.74) is 13.7. The highest BCUT2D eigenvalue weighted by Crippen LogP contribution is 2.44. The second-order valence-corrected chi connectivity index (χ2v) is 8.36. The molecule has 0 aliphatic heterocycles. The quantitative estimate of drug-likeness (QED) is 0.224. The molecule has 15 heteroatoms. The van der Waals surface area contributed by atoms with Gasteiger partial charge in [0.1, 0.15) is 0 Å². The molecule has 2 aliphatic carbocycles. The molecule has 0 aromatic heterocycles. The highest BCUT2D eigenvalue weighted by Gasteiger charge is 2.44. The minimum Gasteiger partial charge on any atom is -0.489 e. The summed E-state index contributed by atoms with van der Waals surface area (Å²) in [4.78, 5) is 37.4. The molecule has 0 saturated carbocycles. The number of benzene rings is 1. The van der Waals surface area contributed by atoms with Gasteiger partial charge < -0.3 is 25.4 Å². The molecular formula is C18H20N4O10S. The van der Waals surface area contributed by atoms with Crippen LogP contribution in [0.5, 0.6) is 0 Å². The number of ketones is 2. The summed E-state index contributed by atoms with van der Waals surface area (Å²) >= 11 is 0. The van der Waals surface area contributed by atoms with Crippen LogP contribution in [0.15, 0.2) is 22.7 Å². The van der Waals surface area contributed by atoms with Crippen LogP contribution in [0, 0.1) is 0 Å². The van der Waals surface area contributed by atoms with Gasteiger partial charge in [0.15, 0.2) is 0 Å². The van der Waals surface area contributed by atoms with Crippen LogP contribution in [-0.4, -0.2) is 62.9 Å². The number of aliphatic hydroxyl groups excluding tert-OH is 1. The monoisotopic (exact) mass is 484 g/mol. The highest BCUT2D eigenvalue weighted by atomic mass is 32.2. The number of carbonyl (C=O) groups excluding carboxylic acids is 2. The van der Waals surface area contributed by atoms with Gasteiger partial charge in [-0.3, -0.25) is 13.8 Å². The van der Waals surface area contributed by atoms with E-state index in [-0.39, 0.29) is 45.8 Å². The van der Waals surface area contributed by atoms with Gasteiger partial charge in [-0.15, -0.1) is 0 Å². The van der Waals surface area contributed by atoms with E-state index in [1.165, 1.54) is 20.3 Å². The number of nitrogens with zero attached hydrogens (tertiary/aromatic N) is 3. The normalized spacial score (nSPS) is 19.0. The molecule has 1 amide bonds. The van der Waals surface area contributed by atoms with Crippen molar-refractivity contribution in [2.75, 3.05) is 20.5 Å². The van der Waals surface area contributed by atoms with Crippen LogP contribution in [-0.2, 0) is 36.8 Å². The van der Waals surface area contributed by atoms with Gasteiger partial charge in [-0.2, -0.15) is 8.42 Å². The number of rotatable bonds is 6. The molecule has 0 bridgehead atoms. The average Bonchev–Trinajstić information content (AvgIpc) is 3.05. The van der Waals surface area contributed by atoms with Crippen molar-refractivity contribution in [3.05, 3.63) is 55.8 Å². The highest BCUT2D eigenvalue weighted by molar-refractivity contribution is 7.86. The van der Waals surface area contributed by atoms with E-state index >= 15 is 0 Å². The standard InChI is InChI=1S/C17H17N3O8S.CH3NO2/c1-26-16-14(22)9-4-7(6-21)11-8(12(9)15(23)17(16)27-2)5-10(13(11)19-20-18)28-29(3,24)25;2-1(3)4/h4,10,13,21H,5-6H2,1-3H3;2H2,(H,3,4). The fraction of sp³-hybridized carbons (Fsp3) is 0.389. The second-order valence-electron chi connectivity index (χ2n) is 6.76. The third-order valence-electron chi connectivity index (χ3n) is 4.76. The maximum Gasteiger partial charge on any atom is 0.402 e. The number of allylic oxidation sites excluding steroid dienone is 2. The smallest absolute Gasteiger partial charge is 0.402 e. The van der Waals surface area contributed by atoms with E-state index in [0.29, 0.717) is 0 Å². The molecule has 2 unspecified atom stereocenters. The van der Waals surface area contributed by atoms with Crippen LogP contribution in [0.3, 0.4) is 0 Å². The van der Waals surface area contributed by atoms with Crippen molar-refractivity contribution in [2.45, 2.75) is 25.2 Å². The van der Waals surface area contributed by atoms with Crippen molar-refractivity contribution in [2.24, 2.45) is 10.8 Å². The molecule has 33 heavy (non-hydrogen) atoms. The Labute approximate surface area is 187 Å². The molecule has 3 rings (SSSR count). The predicted octanol–water partition coefficient (Wildman–Crippen LogP) is 0.938. The summed E-state index contributed by atoms with van der Waals surface area (Å²) < 4.78 is 38.5. The molecule has 1 aromatic carbocycles. The van der Waals surface area contributed by atoms with E-state index < -0.39 is 46.5 Å². The molecule has 178 valence electrons. The summed E-state index contributed by atoms with van der Waals surface area (Å²) in [7, 11) is -1.49. The summed E-state index contributed by atoms with van der Waals surface area (Å²) in [6.45, 7) is -0.538. The number of amides is 1. The number of nitrogens with two attached hydrogens (primary N) is 1. The zero-order valence-electron chi connectivity index (χ0n) is 17.6. The summed E-state index contributed by atoms with van der Waals surface area (Å²) in [5.74, 6) is -1.83. The first kappa shape index (κ1) is 25.6. The lowest BCUT2D eigenvalue weighted by Crippen LogP contribution is -2.26. The van der Waals surface area contributed by atoms with E-state index in [1.807, 2.05) is 0 Å². The Kier molecular flexibility index (Phi) is 7.66. The molecule has 4 N–H and O–H groups in total. The first-order valence-corrected chi connectivity index (χ1v) is 10.8. The average molecular weight is 484 g/mol. The first-order chi connectivity index (χ1) is 15.4. The Morgan fingerprint density at radius 3 is 2.27 bits per heavy atom. The topological polar surface area (TPSA) is 228 Å². The molecule has 0 saturated heterocycles. The Hall–Kier alpha value is -3.65. The third kappa shape index (κ3) is 5.06. The Bertz CT molecular complexity index is 1200. The lowest BCUT2D eigenvalue weighted by molar-refractivity contribution is 0.0828. The number of hydrogen-bond donors (Lipinski definition) is 3. The Morgan fingerprint density at radius 1 is 1.27 bits per heavy atom. The zero-order chi connectivity index (χ0) is 25.1. The largest absolute Gasteiger partial charge is 0.489 e. The number of fused-ring (bicyclic) bond motifs is 3. The fourth-order valence-electron chi connectivity index (χ4n) is 3.78. The number of carbonyl (C=O) groups is 3. The van der Waals surface area contributed by atoms with E-state index in [4.69, 9.17) is 29.1 Å². The lowest BCUT2D eigenvalue weighted by atomic mass is 9.84. The van der Waals surface area contributed by atoms with Crippen LogP contribution < -0.4 is 5.73 Å². The van der Waals surface area contributed by atoms with Crippen molar-refractivity contribution in [3.63, 3.8) is 0 Å². The van der Waals surface area contributed by atoms with Gasteiger partial charge in [0.2, 0.25) is 23.1 Å². The number of methoxy groups -OCH3 is 2. The number of aliphatic hydroxyl groups is 1. The molecule has 1 aromatic rings. The molecule has 0 heterocycles. The lowest BCUT2D eigenvalue weighted by Gasteiger charge is -2.23. The van der Waals surface area contributed by atoms with Gasteiger partial charge in [-0.1, -0.05) is 5.11 Å². The fourth-order valence-corrected chi connectivity index (χ4v) is 4.40. The van der Waals surface area contributed by atoms with Crippen molar-refractivity contribution >= 4 is 27.8 Å². The van der Waals surface area contributed by atoms with Crippen LogP contribution in [0.2, 0.25) is 0 Å². The molecule has 0 spiro atoms. The van der Waals surface area contributed by atoms with Gasteiger partial charge in [0, 0.05) is 22.5 Å². The molecule has 2 aliphatic rings. The number of Topliss-reactive ketones (excluding diaryl/α,β-unsaturated/α-hetero) is 2. The molecular weight excluding hydrogens is 464 g/mol. The Morgan fingerprint density at radius 2 is 1.82 bits per heavy atom. The van der Waals surface area contributed by atoms with Crippen LogP contribution in [0.1, 0.15) is 43.4 Å². The SMILES string of the molecule is COC1=C(OC)C(=O)c2c(cc(CO)c3c2CC(OS(C)(=O)=O)C3N=[N+]=[N-])C1=O.NC(=O)O. The Balaban J connectivity index is 0.000000890. The van der Waals surface area contributed by atoms with E-state index in [1.54, 1.807) is 0 Å². The van der Waals surface area contributed by atoms with E-state index in [0.717, 1.165) is 6.26 Å². The molecule has 0 radical (unpaired) electrons. The number of azide groups is 1. The van der Waals surface area contributed by atoms with Crippen molar-refractivity contribution in [3.8, 4) is 0 Å². The van der Waals surface area contributed by atoms with Crippen molar-refractivity contribution in [1.29, 1.82) is 0 Å². The summed E-state index contributed by atoms with van der Waals surface area (Å²) in [6.07, 6.45) is -1.74. The van der Waals surface area contributed by atoms with Crippen molar-refractivity contribution in [1.82, 2.24) is 0 Å². The van der Waals surface area contributed by atoms with Gasteiger partial charge >= 0.3 is 6.09 Å². The van der Waals surface area contributed by atoms with E-state index in [2.05, 4.69) is 15.8 Å². The summed E-state index contributed by atoms with van der Waals surface area (Å²) in [6, 6.07) is 0.196. The van der Waals surface area contributed by atoms with Crippen LogP contribution >= 0.6 is 0 Å². The zero-order valence-corrected chi connectivity index (χ0v) is 18.5. The number of primary amides is 1. The maximum absolute atomic E-state index is 13.0. The first-order valence-electron chi connectivity index (χ1n) is 9.03. The van der Waals surface area contributed by atoms with Gasteiger partial charge in [0.05, 0.1) is 39.2 Å². The predicted molar refractivity (Wildman–Crippen MR) is 110 cm³/mol. The summed E-state index contributed by atoms with van der Waals surface area (Å²) in [5, 5.41) is 20.6. The minimum absolute atomic E-state index is 0.0161. The van der Waals surface area contributed by atoms with Gasteiger partial charge in [0.25, 0.3) is 10.1 Å². The molecule has 14 nitrogen and oxygen atoms in total.